The maximum Gasteiger partial charge on any atom is 0.0675 e. The fraction of sp³-hybridized carbons (Fsp3) is 0.571. The molecule has 1 aliphatic rings. The van der Waals surface area contributed by atoms with Gasteiger partial charge in [-0.2, -0.15) is 0 Å². The lowest BCUT2D eigenvalue weighted by Gasteiger charge is -2.32. The first-order valence-corrected chi connectivity index (χ1v) is 6.17. The molecule has 0 aromatic heterocycles. The molecule has 0 bridgehead atoms. The van der Waals surface area contributed by atoms with Crippen LogP contribution in [0.5, 0.6) is 0 Å². The zero-order valence-corrected chi connectivity index (χ0v) is 10.00. The summed E-state index contributed by atoms with van der Waals surface area (Å²) < 4.78 is 0. The van der Waals surface area contributed by atoms with Crippen molar-refractivity contribution in [3.05, 3.63) is 35.4 Å². The molecule has 16 heavy (non-hydrogen) atoms. The maximum atomic E-state index is 10.4. The Kier molecular flexibility index (Phi) is 3.62. The molecule has 0 amide bonds. The number of hydrogen-bond donors (Lipinski definition) is 2. The second kappa shape index (κ2) is 4.98. The molecule has 88 valence electrons. The first-order valence-electron chi connectivity index (χ1n) is 6.17. The van der Waals surface area contributed by atoms with Gasteiger partial charge in [-0.1, -0.05) is 24.3 Å². The largest absolute Gasteiger partial charge is 0.390 e. The zero-order chi connectivity index (χ0) is 11.4. The number of nitrogens with one attached hydrogen (secondary N) is 1. The maximum absolute atomic E-state index is 10.4. The van der Waals surface area contributed by atoms with E-state index in [-0.39, 0.29) is 0 Å². The van der Waals surface area contributed by atoms with E-state index in [0.717, 1.165) is 38.8 Å². The van der Waals surface area contributed by atoms with E-state index in [9.17, 15) is 5.11 Å². The van der Waals surface area contributed by atoms with Crippen molar-refractivity contribution >= 4 is 0 Å². The summed E-state index contributed by atoms with van der Waals surface area (Å²) in [6, 6.07) is 8.45. The van der Waals surface area contributed by atoms with Crippen molar-refractivity contribution < 1.29 is 5.11 Å². The standard InChI is InChI=1S/C14H21NO/c1-12-4-2-3-5-13(12)6-7-14(16)8-10-15-11-9-14/h2-5,15-16H,6-11H2,1H3. The van der Waals surface area contributed by atoms with Crippen LogP contribution in [0, 0.1) is 6.92 Å². The van der Waals surface area contributed by atoms with E-state index in [0.29, 0.717) is 0 Å². The van der Waals surface area contributed by atoms with Crippen molar-refractivity contribution in [1.29, 1.82) is 0 Å². The van der Waals surface area contributed by atoms with Crippen molar-refractivity contribution in [2.75, 3.05) is 13.1 Å². The van der Waals surface area contributed by atoms with E-state index < -0.39 is 5.60 Å². The summed E-state index contributed by atoms with van der Waals surface area (Å²) in [4.78, 5) is 0. The van der Waals surface area contributed by atoms with Gasteiger partial charge in [-0.15, -0.1) is 0 Å². The van der Waals surface area contributed by atoms with Crippen LogP contribution in [0.1, 0.15) is 30.4 Å². The van der Waals surface area contributed by atoms with Gasteiger partial charge >= 0.3 is 0 Å². The third-order valence-corrected chi connectivity index (χ3v) is 3.66. The van der Waals surface area contributed by atoms with Crippen LogP contribution in [0.15, 0.2) is 24.3 Å². The fourth-order valence-corrected chi connectivity index (χ4v) is 2.40. The van der Waals surface area contributed by atoms with Gasteiger partial charge in [0.05, 0.1) is 5.60 Å². The molecule has 0 spiro atoms. The second-order valence-corrected chi connectivity index (χ2v) is 4.90. The van der Waals surface area contributed by atoms with Crippen LogP contribution >= 0.6 is 0 Å². The molecule has 0 radical (unpaired) electrons. The Morgan fingerprint density at radius 1 is 1.25 bits per heavy atom. The molecular weight excluding hydrogens is 198 g/mol. The number of piperidine rings is 1. The van der Waals surface area contributed by atoms with Gasteiger partial charge in [0.2, 0.25) is 0 Å². The minimum absolute atomic E-state index is 0.437. The molecule has 1 fully saturated rings. The van der Waals surface area contributed by atoms with E-state index in [1.165, 1.54) is 11.1 Å². The molecule has 1 aliphatic heterocycles. The molecule has 1 aromatic rings. The Hall–Kier alpha value is -0.860. The van der Waals surface area contributed by atoms with Crippen molar-refractivity contribution in [3.8, 4) is 0 Å². The molecule has 2 N–H and O–H groups in total. The van der Waals surface area contributed by atoms with Gasteiger partial charge in [-0.3, -0.25) is 0 Å². The van der Waals surface area contributed by atoms with Gasteiger partial charge in [0.25, 0.3) is 0 Å². The molecule has 0 saturated carbocycles. The highest BCUT2D eigenvalue weighted by Gasteiger charge is 2.28. The predicted octanol–water partition coefficient (Wildman–Crippen LogP) is 2.04. The Morgan fingerprint density at radius 2 is 1.94 bits per heavy atom. The second-order valence-electron chi connectivity index (χ2n) is 4.90. The first kappa shape index (κ1) is 11.6. The number of rotatable bonds is 3. The monoisotopic (exact) mass is 219 g/mol. The van der Waals surface area contributed by atoms with Crippen molar-refractivity contribution in [3.63, 3.8) is 0 Å². The summed E-state index contributed by atoms with van der Waals surface area (Å²) in [6.45, 7) is 4.04. The quantitative estimate of drug-likeness (QED) is 0.815. The smallest absolute Gasteiger partial charge is 0.0675 e. The van der Waals surface area contributed by atoms with Gasteiger partial charge in [0, 0.05) is 0 Å². The normalized spacial score (nSPS) is 19.6. The highest BCUT2D eigenvalue weighted by molar-refractivity contribution is 5.25. The van der Waals surface area contributed by atoms with Crippen LogP contribution in [-0.2, 0) is 6.42 Å². The van der Waals surface area contributed by atoms with Crippen LogP contribution in [0.25, 0.3) is 0 Å². The fourth-order valence-electron chi connectivity index (χ4n) is 2.40. The molecule has 0 aliphatic carbocycles. The molecule has 2 nitrogen and oxygen atoms in total. The Labute approximate surface area is 97.7 Å². The van der Waals surface area contributed by atoms with E-state index in [1.54, 1.807) is 0 Å². The van der Waals surface area contributed by atoms with Crippen LogP contribution in [0.4, 0.5) is 0 Å². The summed E-state index contributed by atoms with van der Waals surface area (Å²) in [5.74, 6) is 0. The van der Waals surface area contributed by atoms with Crippen molar-refractivity contribution in [2.45, 2.75) is 38.2 Å². The number of aryl methyl sites for hydroxylation is 2. The average Bonchev–Trinajstić information content (AvgIpc) is 2.29. The summed E-state index contributed by atoms with van der Waals surface area (Å²) in [6.07, 6.45) is 3.65. The summed E-state index contributed by atoms with van der Waals surface area (Å²) in [5, 5.41) is 13.7. The Bertz CT molecular complexity index is 342. The van der Waals surface area contributed by atoms with Gasteiger partial charge < -0.3 is 10.4 Å². The number of benzene rings is 1. The summed E-state index contributed by atoms with van der Waals surface area (Å²) in [5.41, 5.74) is 2.27. The molecule has 1 saturated heterocycles. The molecule has 1 aromatic carbocycles. The lowest BCUT2D eigenvalue weighted by Crippen LogP contribution is -2.42. The lowest BCUT2D eigenvalue weighted by atomic mass is 9.86. The van der Waals surface area contributed by atoms with Gasteiger partial charge in [-0.25, -0.2) is 0 Å². The third-order valence-electron chi connectivity index (χ3n) is 3.66. The molecule has 1 heterocycles. The van der Waals surface area contributed by atoms with E-state index in [2.05, 4.69) is 36.5 Å². The third kappa shape index (κ3) is 2.83. The highest BCUT2D eigenvalue weighted by Crippen LogP contribution is 2.24. The van der Waals surface area contributed by atoms with Crippen molar-refractivity contribution in [1.82, 2.24) is 5.32 Å². The lowest BCUT2D eigenvalue weighted by molar-refractivity contribution is 0.00279. The Balaban J connectivity index is 1.94. The Morgan fingerprint density at radius 3 is 2.62 bits per heavy atom. The number of aliphatic hydroxyl groups is 1. The van der Waals surface area contributed by atoms with Crippen LogP contribution < -0.4 is 5.32 Å². The van der Waals surface area contributed by atoms with Crippen LogP contribution in [-0.4, -0.2) is 23.8 Å². The molecule has 0 unspecified atom stereocenters. The zero-order valence-electron chi connectivity index (χ0n) is 10.00. The van der Waals surface area contributed by atoms with Crippen molar-refractivity contribution in [2.24, 2.45) is 0 Å². The SMILES string of the molecule is Cc1ccccc1CCC1(O)CCNCC1. The van der Waals surface area contributed by atoms with E-state index in [4.69, 9.17) is 0 Å². The van der Waals surface area contributed by atoms with Gasteiger partial charge in [0.1, 0.15) is 0 Å². The van der Waals surface area contributed by atoms with Gasteiger partial charge in [-0.05, 0) is 56.8 Å². The minimum atomic E-state index is -0.437. The minimum Gasteiger partial charge on any atom is -0.390 e. The van der Waals surface area contributed by atoms with Gasteiger partial charge in [0.15, 0.2) is 0 Å². The van der Waals surface area contributed by atoms with E-state index in [1.807, 2.05) is 0 Å². The summed E-state index contributed by atoms with van der Waals surface area (Å²) >= 11 is 0. The number of hydrogen-bond acceptors (Lipinski definition) is 2. The highest BCUT2D eigenvalue weighted by atomic mass is 16.3. The topological polar surface area (TPSA) is 32.3 Å². The first-order chi connectivity index (χ1) is 7.70. The molecular formula is C14H21NO. The van der Waals surface area contributed by atoms with Crippen LogP contribution in [0.3, 0.4) is 0 Å². The van der Waals surface area contributed by atoms with Crippen LogP contribution in [0.2, 0.25) is 0 Å². The molecule has 2 heteroatoms. The predicted molar refractivity (Wildman–Crippen MR) is 66.6 cm³/mol. The van der Waals surface area contributed by atoms with E-state index >= 15 is 0 Å². The molecule has 2 rings (SSSR count). The average molecular weight is 219 g/mol. The molecule has 0 atom stereocenters. The summed E-state index contributed by atoms with van der Waals surface area (Å²) in [7, 11) is 0.